The highest BCUT2D eigenvalue weighted by molar-refractivity contribution is 6.32. The Kier molecular flexibility index (Phi) is 6.34. The Labute approximate surface area is 108 Å². The molecule has 0 aliphatic rings. The fourth-order valence-electron chi connectivity index (χ4n) is 1.69. The minimum atomic E-state index is 0.217. The molecule has 0 fully saturated rings. The van der Waals surface area contributed by atoms with Gasteiger partial charge >= 0.3 is 0 Å². The molecule has 2 N–H and O–H groups in total. The summed E-state index contributed by atoms with van der Waals surface area (Å²) in [7, 11) is 1.60. The third kappa shape index (κ3) is 4.54. The summed E-state index contributed by atoms with van der Waals surface area (Å²) in [4.78, 5) is 0. The Bertz CT molecular complexity index is 344. The van der Waals surface area contributed by atoms with Gasteiger partial charge in [0.15, 0.2) is 0 Å². The number of hydrogen-bond acceptors (Lipinski definition) is 3. The van der Waals surface area contributed by atoms with Gasteiger partial charge in [-0.05, 0) is 30.5 Å². The van der Waals surface area contributed by atoms with Crippen LogP contribution >= 0.6 is 11.6 Å². The first-order valence-corrected chi connectivity index (χ1v) is 6.25. The van der Waals surface area contributed by atoms with Crippen LogP contribution in [0, 0.1) is 0 Å². The minimum Gasteiger partial charge on any atom is -0.495 e. The van der Waals surface area contributed by atoms with Crippen LogP contribution in [0.2, 0.25) is 5.02 Å². The van der Waals surface area contributed by atoms with E-state index in [1.165, 1.54) is 0 Å². The van der Waals surface area contributed by atoms with Crippen LogP contribution in [0.5, 0.6) is 5.75 Å². The molecule has 0 aliphatic heterocycles. The second kappa shape index (κ2) is 7.54. The molecule has 3 nitrogen and oxygen atoms in total. The van der Waals surface area contributed by atoms with E-state index in [-0.39, 0.29) is 6.61 Å². The van der Waals surface area contributed by atoms with Gasteiger partial charge in [0.1, 0.15) is 5.75 Å². The number of aliphatic hydroxyl groups excluding tert-OH is 1. The molecule has 1 aromatic carbocycles. The zero-order valence-electron chi connectivity index (χ0n) is 10.4. The van der Waals surface area contributed by atoms with E-state index in [0.29, 0.717) is 16.8 Å². The van der Waals surface area contributed by atoms with Gasteiger partial charge < -0.3 is 15.2 Å². The maximum Gasteiger partial charge on any atom is 0.137 e. The predicted molar refractivity (Wildman–Crippen MR) is 70.6 cm³/mol. The lowest BCUT2D eigenvalue weighted by molar-refractivity contribution is 0.262. The van der Waals surface area contributed by atoms with Crippen molar-refractivity contribution in [3.05, 3.63) is 28.8 Å². The molecule has 0 aromatic heterocycles. The Morgan fingerprint density at radius 2 is 2.24 bits per heavy atom. The van der Waals surface area contributed by atoms with Crippen molar-refractivity contribution >= 4 is 11.6 Å². The fourth-order valence-corrected chi connectivity index (χ4v) is 1.97. The quantitative estimate of drug-likeness (QED) is 0.789. The fraction of sp³-hybridized carbons (Fsp3) is 0.538. The van der Waals surface area contributed by atoms with Crippen LogP contribution in [0.15, 0.2) is 18.2 Å². The van der Waals surface area contributed by atoms with Crippen LogP contribution < -0.4 is 10.1 Å². The van der Waals surface area contributed by atoms with Crippen molar-refractivity contribution in [1.82, 2.24) is 5.32 Å². The molecule has 0 heterocycles. The van der Waals surface area contributed by atoms with Gasteiger partial charge in [-0.1, -0.05) is 24.6 Å². The summed E-state index contributed by atoms with van der Waals surface area (Å²) in [5.74, 6) is 0.692. The normalized spacial score (nSPS) is 12.5. The SMILES string of the molecule is CCC(CCO)NCc1ccc(OC)c(Cl)c1. The zero-order valence-corrected chi connectivity index (χ0v) is 11.1. The van der Waals surface area contributed by atoms with Crippen molar-refractivity contribution < 1.29 is 9.84 Å². The van der Waals surface area contributed by atoms with E-state index in [4.69, 9.17) is 21.4 Å². The van der Waals surface area contributed by atoms with Crippen LogP contribution in [0.1, 0.15) is 25.3 Å². The molecule has 0 amide bonds. The van der Waals surface area contributed by atoms with Gasteiger partial charge in [0.25, 0.3) is 0 Å². The molecule has 0 spiro atoms. The first-order valence-electron chi connectivity index (χ1n) is 5.88. The number of hydrogen-bond donors (Lipinski definition) is 2. The molecular weight excluding hydrogens is 238 g/mol. The summed E-state index contributed by atoms with van der Waals surface area (Å²) < 4.78 is 5.10. The van der Waals surface area contributed by atoms with Crippen LogP contribution in [0.4, 0.5) is 0 Å². The molecule has 1 aromatic rings. The molecule has 4 heteroatoms. The van der Waals surface area contributed by atoms with Crippen molar-refractivity contribution in [3.8, 4) is 5.75 Å². The standard InChI is InChI=1S/C13H20ClNO2/c1-3-11(6-7-16)15-9-10-4-5-13(17-2)12(14)8-10/h4-5,8,11,15-16H,3,6-7,9H2,1-2H3. The van der Waals surface area contributed by atoms with Gasteiger partial charge in [0.2, 0.25) is 0 Å². The maximum absolute atomic E-state index is 8.90. The number of benzene rings is 1. The third-order valence-corrected chi connectivity index (χ3v) is 3.08. The van der Waals surface area contributed by atoms with E-state index in [0.717, 1.165) is 24.9 Å². The Balaban J connectivity index is 2.54. The largest absolute Gasteiger partial charge is 0.495 e. The van der Waals surface area contributed by atoms with Crippen molar-refractivity contribution in [3.63, 3.8) is 0 Å². The molecule has 96 valence electrons. The van der Waals surface area contributed by atoms with Crippen molar-refractivity contribution in [2.24, 2.45) is 0 Å². The Morgan fingerprint density at radius 1 is 1.47 bits per heavy atom. The van der Waals surface area contributed by atoms with E-state index in [2.05, 4.69) is 12.2 Å². The Morgan fingerprint density at radius 3 is 2.76 bits per heavy atom. The van der Waals surface area contributed by atoms with E-state index in [1.807, 2.05) is 18.2 Å². The molecule has 17 heavy (non-hydrogen) atoms. The van der Waals surface area contributed by atoms with Crippen molar-refractivity contribution in [2.75, 3.05) is 13.7 Å². The number of ether oxygens (including phenoxy) is 1. The second-order valence-corrected chi connectivity index (χ2v) is 4.37. The van der Waals surface area contributed by atoms with Gasteiger partial charge in [0.05, 0.1) is 12.1 Å². The average molecular weight is 258 g/mol. The maximum atomic E-state index is 8.90. The summed E-state index contributed by atoms with van der Waals surface area (Å²) in [6, 6.07) is 6.11. The smallest absolute Gasteiger partial charge is 0.137 e. The number of methoxy groups -OCH3 is 1. The lowest BCUT2D eigenvalue weighted by atomic mass is 10.1. The molecule has 0 bridgehead atoms. The molecular formula is C13H20ClNO2. The Hall–Kier alpha value is -0.770. The number of halogens is 1. The van der Waals surface area contributed by atoms with Crippen LogP contribution in [0.3, 0.4) is 0 Å². The van der Waals surface area contributed by atoms with Crippen LogP contribution in [-0.2, 0) is 6.54 Å². The van der Waals surface area contributed by atoms with Crippen LogP contribution in [0.25, 0.3) is 0 Å². The molecule has 1 rings (SSSR count). The highest BCUT2D eigenvalue weighted by Crippen LogP contribution is 2.24. The summed E-state index contributed by atoms with van der Waals surface area (Å²) >= 11 is 6.05. The van der Waals surface area contributed by atoms with Gasteiger partial charge in [-0.2, -0.15) is 0 Å². The summed E-state index contributed by atoms with van der Waals surface area (Å²) in [6.45, 7) is 3.07. The number of nitrogens with one attached hydrogen (secondary N) is 1. The first-order chi connectivity index (χ1) is 8.21. The van der Waals surface area contributed by atoms with E-state index < -0.39 is 0 Å². The second-order valence-electron chi connectivity index (χ2n) is 3.97. The third-order valence-electron chi connectivity index (χ3n) is 2.78. The highest BCUT2D eigenvalue weighted by atomic mass is 35.5. The van der Waals surface area contributed by atoms with Gasteiger partial charge in [0, 0.05) is 19.2 Å². The number of aliphatic hydroxyl groups is 1. The summed E-state index contributed by atoms with van der Waals surface area (Å²) in [5.41, 5.74) is 1.12. The van der Waals surface area contributed by atoms with Gasteiger partial charge in [-0.15, -0.1) is 0 Å². The molecule has 0 saturated heterocycles. The molecule has 0 aliphatic carbocycles. The predicted octanol–water partition coefficient (Wildman–Crippen LogP) is 2.60. The van der Waals surface area contributed by atoms with E-state index >= 15 is 0 Å². The topological polar surface area (TPSA) is 41.5 Å². The first kappa shape index (κ1) is 14.3. The van der Waals surface area contributed by atoms with Gasteiger partial charge in [-0.3, -0.25) is 0 Å². The van der Waals surface area contributed by atoms with E-state index in [9.17, 15) is 0 Å². The molecule has 0 radical (unpaired) electrons. The average Bonchev–Trinajstić information content (AvgIpc) is 2.34. The van der Waals surface area contributed by atoms with Gasteiger partial charge in [-0.25, -0.2) is 0 Å². The monoisotopic (exact) mass is 257 g/mol. The molecule has 0 saturated carbocycles. The van der Waals surface area contributed by atoms with E-state index in [1.54, 1.807) is 7.11 Å². The molecule has 1 atom stereocenters. The zero-order chi connectivity index (χ0) is 12.7. The molecule has 1 unspecified atom stereocenters. The van der Waals surface area contributed by atoms with Crippen molar-refractivity contribution in [2.45, 2.75) is 32.4 Å². The summed E-state index contributed by atoms with van der Waals surface area (Å²) in [5, 5.41) is 12.9. The van der Waals surface area contributed by atoms with Crippen molar-refractivity contribution in [1.29, 1.82) is 0 Å². The lowest BCUT2D eigenvalue weighted by Gasteiger charge is -2.16. The number of rotatable bonds is 7. The minimum absolute atomic E-state index is 0.217. The van der Waals surface area contributed by atoms with Crippen LogP contribution in [-0.4, -0.2) is 24.9 Å². The summed E-state index contributed by atoms with van der Waals surface area (Å²) in [6.07, 6.45) is 1.78. The lowest BCUT2D eigenvalue weighted by Crippen LogP contribution is -2.28. The highest BCUT2D eigenvalue weighted by Gasteiger charge is 2.06.